The van der Waals surface area contributed by atoms with E-state index >= 15 is 8.78 Å². The molecule has 9 nitrogen and oxygen atoms in total. The molecule has 4 rings (SSSR count). The lowest BCUT2D eigenvalue weighted by Gasteiger charge is -2.38. The Morgan fingerprint density at radius 1 is 1.10 bits per heavy atom. The van der Waals surface area contributed by atoms with E-state index in [0.717, 1.165) is 9.80 Å². The van der Waals surface area contributed by atoms with Gasteiger partial charge in [-0.1, -0.05) is 30.3 Å². The first-order valence-corrected chi connectivity index (χ1v) is 11.9. The van der Waals surface area contributed by atoms with Crippen molar-refractivity contribution in [1.29, 1.82) is 0 Å². The molecule has 0 spiro atoms. The van der Waals surface area contributed by atoms with Gasteiger partial charge in [0.25, 0.3) is 0 Å². The summed E-state index contributed by atoms with van der Waals surface area (Å²) in [6, 6.07) is 8.80. The van der Waals surface area contributed by atoms with Crippen molar-refractivity contribution < 1.29 is 41.4 Å². The van der Waals surface area contributed by atoms with Gasteiger partial charge in [0.15, 0.2) is 17.5 Å². The van der Waals surface area contributed by atoms with Crippen LogP contribution in [0.3, 0.4) is 0 Å². The SMILES string of the molecule is CN1C(=O)[C@@H]2CN(C(=O)OCc3ccccc3)C[C@]2(c2c(F)cc(F)c(F)c2F)N=C1NC(=O)OC(C)(C)C. The number of nitrogens with one attached hydrogen (secondary N) is 1. The van der Waals surface area contributed by atoms with Crippen molar-refractivity contribution in [2.45, 2.75) is 38.5 Å². The average Bonchev–Trinajstić information content (AvgIpc) is 3.24. The first-order valence-electron chi connectivity index (χ1n) is 11.9. The lowest BCUT2D eigenvalue weighted by molar-refractivity contribution is -0.133. The standard InChI is InChI=1S/C26H26F4N4O5/c1-25(2,3)39-23(36)31-22-32-26(18-16(27)10-17(28)19(29)20(18)30)13-34(11-15(26)21(35)33(22)4)24(37)38-12-14-8-6-5-7-9-14/h5-10,15H,11-13H2,1-4H3,(H,31,32,36)/t15-,26-/m0/s1. The molecule has 0 aromatic heterocycles. The third kappa shape index (κ3) is 5.38. The number of benzene rings is 2. The molecule has 39 heavy (non-hydrogen) atoms. The van der Waals surface area contributed by atoms with Crippen LogP contribution in [0.4, 0.5) is 27.2 Å². The Morgan fingerprint density at radius 2 is 1.77 bits per heavy atom. The normalized spacial score (nSPS) is 20.9. The highest BCUT2D eigenvalue weighted by Crippen LogP contribution is 2.46. The van der Waals surface area contributed by atoms with Crippen molar-refractivity contribution >= 4 is 24.1 Å². The number of aliphatic imine (C=N–C) groups is 1. The molecule has 1 N–H and O–H groups in total. The molecule has 2 aromatic rings. The van der Waals surface area contributed by atoms with E-state index in [0.29, 0.717) is 5.56 Å². The predicted molar refractivity (Wildman–Crippen MR) is 129 cm³/mol. The summed E-state index contributed by atoms with van der Waals surface area (Å²) >= 11 is 0. The molecule has 2 heterocycles. The summed E-state index contributed by atoms with van der Waals surface area (Å²) in [5.74, 6) is -9.87. The molecule has 0 aliphatic carbocycles. The summed E-state index contributed by atoms with van der Waals surface area (Å²) in [5.41, 5.74) is -3.60. The van der Waals surface area contributed by atoms with Crippen LogP contribution in [0.1, 0.15) is 31.9 Å². The highest BCUT2D eigenvalue weighted by Gasteiger charge is 2.59. The van der Waals surface area contributed by atoms with E-state index in [9.17, 15) is 23.2 Å². The number of halogens is 4. The summed E-state index contributed by atoms with van der Waals surface area (Å²) in [6.07, 6.45) is -1.96. The number of amides is 3. The van der Waals surface area contributed by atoms with Gasteiger partial charge in [0.2, 0.25) is 11.9 Å². The Bertz CT molecular complexity index is 1350. The molecule has 0 radical (unpaired) electrons. The molecule has 2 aliphatic heterocycles. The van der Waals surface area contributed by atoms with Crippen molar-refractivity contribution in [3.05, 3.63) is 70.8 Å². The summed E-state index contributed by atoms with van der Waals surface area (Å²) in [7, 11) is 1.25. The first kappa shape index (κ1) is 27.9. The van der Waals surface area contributed by atoms with Gasteiger partial charge in [-0.25, -0.2) is 32.1 Å². The fourth-order valence-electron chi connectivity index (χ4n) is 4.56. The minimum Gasteiger partial charge on any atom is -0.445 e. The quantitative estimate of drug-likeness (QED) is 0.353. The third-order valence-electron chi connectivity index (χ3n) is 6.29. The predicted octanol–water partition coefficient (Wildman–Crippen LogP) is 4.06. The molecular weight excluding hydrogens is 524 g/mol. The summed E-state index contributed by atoms with van der Waals surface area (Å²) in [4.78, 5) is 45.0. The zero-order chi connectivity index (χ0) is 28.7. The number of rotatable bonds is 3. The lowest BCUT2D eigenvalue weighted by atomic mass is 9.78. The number of alkyl carbamates (subject to hydrolysis) is 1. The van der Waals surface area contributed by atoms with Crippen LogP contribution in [-0.4, -0.2) is 59.6 Å². The van der Waals surface area contributed by atoms with Gasteiger partial charge in [-0.15, -0.1) is 0 Å². The maximum atomic E-state index is 15.2. The number of carbonyl (C=O) groups excluding carboxylic acids is 3. The van der Waals surface area contributed by atoms with E-state index < -0.39 is 83.0 Å². The van der Waals surface area contributed by atoms with E-state index in [1.807, 2.05) is 0 Å². The van der Waals surface area contributed by atoms with E-state index in [-0.39, 0.29) is 12.7 Å². The maximum absolute atomic E-state index is 15.2. The number of ether oxygens (including phenoxy) is 2. The largest absolute Gasteiger partial charge is 0.445 e. The van der Waals surface area contributed by atoms with Crippen LogP contribution >= 0.6 is 0 Å². The van der Waals surface area contributed by atoms with Crippen LogP contribution in [0, 0.1) is 29.2 Å². The number of fused-ring (bicyclic) bond motifs is 1. The molecule has 0 saturated carbocycles. The Balaban J connectivity index is 1.77. The van der Waals surface area contributed by atoms with Crippen molar-refractivity contribution in [1.82, 2.24) is 15.1 Å². The maximum Gasteiger partial charge on any atom is 0.414 e. The topological polar surface area (TPSA) is 101 Å². The number of hydrogen-bond acceptors (Lipinski definition) is 6. The summed E-state index contributed by atoms with van der Waals surface area (Å²) < 4.78 is 69.0. The minimum atomic E-state index is -2.26. The van der Waals surface area contributed by atoms with Crippen molar-refractivity contribution in [3.63, 3.8) is 0 Å². The van der Waals surface area contributed by atoms with Crippen LogP contribution in [-0.2, 0) is 26.4 Å². The number of nitrogens with zero attached hydrogens (tertiary/aromatic N) is 3. The van der Waals surface area contributed by atoms with Crippen LogP contribution in [0.2, 0.25) is 0 Å². The Hall–Kier alpha value is -4.16. The van der Waals surface area contributed by atoms with Gasteiger partial charge < -0.3 is 14.4 Å². The molecule has 3 amide bonds. The minimum absolute atomic E-state index is 0.134. The van der Waals surface area contributed by atoms with Crippen LogP contribution in [0.15, 0.2) is 41.4 Å². The van der Waals surface area contributed by atoms with Gasteiger partial charge in [-0.2, -0.15) is 0 Å². The average molecular weight is 551 g/mol. The van der Waals surface area contributed by atoms with Crippen LogP contribution in [0.5, 0.6) is 0 Å². The highest BCUT2D eigenvalue weighted by molar-refractivity contribution is 6.06. The zero-order valence-corrected chi connectivity index (χ0v) is 21.6. The van der Waals surface area contributed by atoms with Crippen LogP contribution in [0.25, 0.3) is 0 Å². The van der Waals surface area contributed by atoms with Gasteiger partial charge in [0.1, 0.15) is 23.6 Å². The Morgan fingerprint density at radius 3 is 2.41 bits per heavy atom. The smallest absolute Gasteiger partial charge is 0.414 e. The summed E-state index contributed by atoms with van der Waals surface area (Å²) in [5, 5.41) is 2.26. The molecule has 2 aliphatic rings. The monoisotopic (exact) mass is 550 g/mol. The lowest BCUT2D eigenvalue weighted by Crippen LogP contribution is -2.57. The molecule has 208 valence electrons. The fraction of sp³-hybridized carbons (Fsp3) is 0.385. The Kier molecular flexibility index (Phi) is 7.28. The summed E-state index contributed by atoms with van der Waals surface area (Å²) in [6.45, 7) is 3.59. The first-order chi connectivity index (χ1) is 18.2. The zero-order valence-electron chi connectivity index (χ0n) is 21.6. The molecule has 1 saturated heterocycles. The number of guanidine groups is 1. The van der Waals surface area contributed by atoms with E-state index in [1.54, 1.807) is 51.1 Å². The number of hydrogen-bond donors (Lipinski definition) is 1. The molecule has 0 bridgehead atoms. The van der Waals surface area contributed by atoms with Gasteiger partial charge in [0, 0.05) is 19.7 Å². The van der Waals surface area contributed by atoms with Crippen molar-refractivity contribution in [3.8, 4) is 0 Å². The molecule has 2 aromatic carbocycles. The van der Waals surface area contributed by atoms with E-state index in [4.69, 9.17) is 9.47 Å². The van der Waals surface area contributed by atoms with Crippen molar-refractivity contribution in [2.75, 3.05) is 20.1 Å². The number of likely N-dealkylation sites (tertiary alicyclic amines) is 1. The highest BCUT2D eigenvalue weighted by atomic mass is 19.2. The molecule has 1 fully saturated rings. The third-order valence-corrected chi connectivity index (χ3v) is 6.29. The molecule has 2 atom stereocenters. The van der Waals surface area contributed by atoms with Crippen LogP contribution < -0.4 is 5.32 Å². The van der Waals surface area contributed by atoms with Crippen molar-refractivity contribution in [2.24, 2.45) is 10.9 Å². The van der Waals surface area contributed by atoms with E-state index in [1.165, 1.54) is 7.05 Å². The fourth-order valence-corrected chi connectivity index (χ4v) is 4.56. The number of carbonyl (C=O) groups is 3. The molecule has 0 unspecified atom stereocenters. The van der Waals surface area contributed by atoms with Gasteiger partial charge in [-0.05, 0) is 26.3 Å². The Labute approximate surface area is 221 Å². The second kappa shape index (κ2) is 10.2. The van der Waals surface area contributed by atoms with E-state index in [2.05, 4.69) is 10.3 Å². The second-order valence-corrected chi connectivity index (χ2v) is 10.2. The van der Waals surface area contributed by atoms with Gasteiger partial charge in [0.05, 0.1) is 18.0 Å². The molecule has 13 heteroatoms. The second-order valence-electron chi connectivity index (χ2n) is 10.2. The van der Waals surface area contributed by atoms with Gasteiger partial charge >= 0.3 is 12.2 Å². The molecular formula is C26H26F4N4O5. The van der Waals surface area contributed by atoms with Gasteiger partial charge in [-0.3, -0.25) is 15.0 Å².